The van der Waals surface area contributed by atoms with Gasteiger partial charge >= 0.3 is 0 Å². The van der Waals surface area contributed by atoms with Crippen molar-refractivity contribution >= 4 is 5.82 Å². The summed E-state index contributed by atoms with van der Waals surface area (Å²) in [6.45, 7) is 2.13. The van der Waals surface area contributed by atoms with Crippen LogP contribution in [0, 0.1) is 0 Å². The van der Waals surface area contributed by atoms with Gasteiger partial charge in [-0.1, -0.05) is 6.07 Å². The van der Waals surface area contributed by atoms with Crippen LogP contribution < -0.4 is 4.90 Å². The van der Waals surface area contributed by atoms with Crippen molar-refractivity contribution in [2.24, 2.45) is 0 Å². The fourth-order valence-corrected chi connectivity index (χ4v) is 1.53. The summed E-state index contributed by atoms with van der Waals surface area (Å²) in [7, 11) is 0. The first-order valence-electron chi connectivity index (χ1n) is 4.27. The molecule has 0 amide bonds. The summed E-state index contributed by atoms with van der Waals surface area (Å²) in [5.41, 5.74) is 0. The van der Waals surface area contributed by atoms with Gasteiger partial charge in [-0.05, 0) is 18.9 Å². The highest BCUT2D eigenvalue weighted by molar-refractivity contribution is 5.41. The molecule has 0 saturated carbocycles. The van der Waals surface area contributed by atoms with E-state index in [1.165, 1.54) is 12.8 Å². The van der Waals surface area contributed by atoms with Crippen molar-refractivity contribution < 1.29 is 5.11 Å². The number of hydrogen-bond acceptors (Lipinski definition) is 3. The van der Waals surface area contributed by atoms with E-state index >= 15 is 0 Å². The van der Waals surface area contributed by atoms with E-state index in [1.807, 2.05) is 12.1 Å². The van der Waals surface area contributed by atoms with Gasteiger partial charge in [0.1, 0.15) is 5.82 Å². The van der Waals surface area contributed by atoms with Crippen LogP contribution in [0.1, 0.15) is 12.8 Å². The second-order valence-corrected chi connectivity index (χ2v) is 3.05. The first-order chi connectivity index (χ1) is 5.86. The molecule has 1 aromatic rings. The topological polar surface area (TPSA) is 36.4 Å². The van der Waals surface area contributed by atoms with Gasteiger partial charge in [-0.2, -0.15) is 4.98 Å². The zero-order valence-electron chi connectivity index (χ0n) is 6.90. The molecule has 1 aliphatic rings. The van der Waals surface area contributed by atoms with Crippen molar-refractivity contribution in [3.05, 3.63) is 18.2 Å². The van der Waals surface area contributed by atoms with Crippen LogP contribution in [0.4, 0.5) is 5.82 Å². The highest BCUT2D eigenvalue weighted by Crippen LogP contribution is 2.19. The van der Waals surface area contributed by atoms with Crippen molar-refractivity contribution in [1.82, 2.24) is 4.98 Å². The average molecular weight is 164 g/mol. The SMILES string of the molecule is Oc1cccc(N2CCCC2)n1. The third-order valence-corrected chi connectivity index (χ3v) is 2.15. The molecule has 0 atom stereocenters. The molecule has 1 fully saturated rings. The number of anilines is 1. The van der Waals surface area contributed by atoms with Crippen molar-refractivity contribution in [2.45, 2.75) is 12.8 Å². The van der Waals surface area contributed by atoms with Crippen LogP contribution in [0.25, 0.3) is 0 Å². The highest BCUT2D eigenvalue weighted by atomic mass is 16.3. The molecule has 12 heavy (non-hydrogen) atoms. The summed E-state index contributed by atoms with van der Waals surface area (Å²) in [6.07, 6.45) is 2.47. The molecular formula is C9H12N2O. The second-order valence-electron chi connectivity index (χ2n) is 3.05. The summed E-state index contributed by atoms with van der Waals surface area (Å²) in [5, 5.41) is 9.14. The normalized spacial score (nSPS) is 16.8. The zero-order valence-corrected chi connectivity index (χ0v) is 6.90. The monoisotopic (exact) mass is 164 g/mol. The predicted molar refractivity (Wildman–Crippen MR) is 47.3 cm³/mol. The number of rotatable bonds is 1. The molecule has 0 spiro atoms. The molecule has 3 nitrogen and oxygen atoms in total. The summed E-state index contributed by atoms with van der Waals surface area (Å²) < 4.78 is 0. The van der Waals surface area contributed by atoms with E-state index in [0.29, 0.717) is 0 Å². The standard InChI is InChI=1S/C9H12N2O/c12-9-5-3-4-8(10-9)11-6-1-2-7-11/h3-5H,1-2,6-7H2,(H,10,12). The van der Waals surface area contributed by atoms with Crippen molar-refractivity contribution in [3.63, 3.8) is 0 Å². The van der Waals surface area contributed by atoms with Crippen LogP contribution in [0.5, 0.6) is 5.88 Å². The largest absolute Gasteiger partial charge is 0.493 e. The molecule has 1 N–H and O–H groups in total. The zero-order chi connectivity index (χ0) is 8.39. The van der Waals surface area contributed by atoms with Gasteiger partial charge in [-0.25, -0.2) is 0 Å². The van der Waals surface area contributed by atoms with Crippen LogP contribution in [0.15, 0.2) is 18.2 Å². The lowest BCUT2D eigenvalue weighted by atomic mass is 10.4. The molecule has 64 valence electrons. The van der Waals surface area contributed by atoms with Gasteiger partial charge in [-0.3, -0.25) is 0 Å². The molecule has 0 aliphatic carbocycles. The number of nitrogens with zero attached hydrogens (tertiary/aromatic N) is 2. The Bertz CT molecular complexity index is 269. The van der Waals surface area contributed by atoms with Crippen LogP contribution >= 0.6 is 0 Å². The Kier molecular flexibility index (Phi) is 1.86. The predicted octanol–water partition coefficient (Wildman–Crippen LogP) is 1.39. The average Bonchev–Trinajstić information content (AvgIpc) is 2.56. The maximum atomic E-state index is 9.14. The lowest BCUT2D eigenvalue weighted by molar-refractivity contribution is 0.453. The van der Waals surface area contributed by atoms with E-state index in [2.05, 4.69) is 9.88 Å². The number of hydrogen-bond donors (Lipinski definition) is 1. The van der Waals surface area contributed by atoms with Gasteiger partial charge in [0.25, 0.3) is 0 Å². The van der Waals surface area contributed by atoms with E-state index < -0.39 is 0 Å². The lowest BCUT2D eigenvalue weighted by Gasteiger charge is -2.15. The van der Waals surface area contributed by atoms with Crippen LogP contribution in [0.2, 0.25) is 0 Å². The maximum absolute atomic E-state index is 9.14. The summed E-state index contributed by atoms with van der Waals surface area (Å²) in [6, 6.07) is 5.36. The van der Waals surface area contributed by atoms with E-state index in [0.717, 1.165) is 18.9 Å². The van der Waals surface area contributed by atoms with Gasteiger partial charge in [0.2, 0.25) is 5.88 Å². The number of aromatic nitrogens is 1. The van der Waals surface area contributed by atoms with Crippen LogP contribution in [0.3, 0.4) is 0 Å². The fourth-order valence-electron chi connectivity index (χ4n) is 1.53. The Balaban J connectivity index is 2.21. The molecule has 1 saturated heterocycles. The Hall–Kier alpha value is -1.25. The van der Waals surface area contributed by atoms with Gasteiger partial charge in [0.15, 0.2) is 0 Å². The molecule has 0 bridgehead atoms. The first-order valence-corrected chi connectivity index (χ1v) is 4.27. The highest BCUT2D eigenvalue weighted by Gasteiger charge is 2.12. The molecule has 2 heterocycles. The molecule has 1 aliphatic heterocycles. The van der Waals surface area contributed by atoms with Crippen molar-refractivity contribution in [2.75, 3.05) is 18.0 Å². The number of pyridine rings is 1. The Morgan fingerprint density at radius 2 is 2.00 bits per heavy atom. The quantitative estimate of drug-likeness (QED) is 0.681. The summed E-state index contributed by atoms with van der Waals surface area (Å²) in [4.78, 5) is 6.23. The minimum Gasteiger partial charge on any atom is -0.493 e. The molecule has 0 unspecified atom stereocenters. The lowest BCUT2D eigenvalue weighted by Crippen LogP contribution is -2.18. The number of aromatic hydroxyl groups is 1. The van der Waals surface area contributed by atoms with E-state index in [1.54, 1.807) is 6.07 Å². The third kappa shape index (κ3) is 1.35. The Morgan fingerprint density at radius 3 is 2.67 bits per heavy atom. The smallest absolute Gasteiger partial charge is 0.212 e. The molecule has 3 heteroatoms. The molecule has 1 aromatic heterocycles. The summed E-state index contributed by atoms with van der Waals surface area (Å²) in [5.74, 6) is 1.01. The maximum Gasteiger partial charge on any atom is 0.212 e. The van der Waals surface area contributed by atoms with Crippen LogP contribution in [-0.2, 0) is 0 Å². The fraction of sp³-hybridized carbons (Fsp3) is 0.444. The van der Waals surface area contributed by atoms with Gasteiger partial charge in [0, 0.05) is 19.2 Å². The van der Waals surface area contributed by atoms with Gasteiger partial charge in [0.05, 0.1) is 0 Å². The van der Waals surface area contributed by atoms with Crippen molar-refractivity contribution in [3.8, 4) is 5.88 Å². The third-order valence-electron chi connectivity index (χ3n) is 2.15. The Labute approximate surface area is 71.7 Å². The minimum atomic E-state index is 0.111. The Morgan fingerprint density at radius 1 is 1.25 bits per heavy atom. The first kappa shape index (κ1) is 7.40. The summed E-state index contributed by atoms with van der Waals surface area (Å²) >= 11 is 0. The molecular weight excluding hydrogens is 152 g/mol. The molecule has 0 radical (unpaired) electrons. The molecule has 0 aromatic carbocycles. The van der Waals surface area contributed by atoms with Crippen molar-refractivity contribution in [1.29, 1.82) is 0 Å². The second kappa shape index (κ2) is 3.01. The van der Waals surface area contributed by atoms with Crippen LogP contribution in [-0.4, -0.2) is 23.2 Å². The van der Waals surface area contributed by atoms with E-state index in [-0.39, 0.29) is 5.88 Å². The minimum absolute atomic E-state index is 0.111. The van der Waals surface area contributed by atoms with E-state index in [9.17, 15) is 0 Å². The molecule has 2 rings (SSSR count). The van der Waals surface area contributed by atoms with Gasteiger partial charge in [-0.15, -0.1) is 0 Å². The van der Waals surface area contributed by atoms with Gasteiger partial charge < -0.3 is 10.0 Å². The van der Waals surface area contributed by atoms with E-state index in [4.69, 9.17) is 5.11 Å².